The Hall–Kier alpha value is -1.23. The molecule has 1 aliphatic heterocycles. The highest BCUT2D eigenvalue weighted by Gasteiger charge is 2.34. The number of alkyl halides is 3. The maximum Gasteiger partial charge on any atom is 0.416 e. The summed E-state index contributed by atoms with van der Waals surface area (Å²) in [4.78, 5) is 0. The molecule has 1 aromatic carbocycles. The van der Waals surface area contributed by atoms with Gasteiger partial charge in [-0.3, -0.25) is 0 Å². The largest absolute Gasteiger partial charge is 0.497 e. The normalized spacial score (nSPS) is 20.1. The van der Waals surface area contributed by atoms with Gasteiger partial charge in [0.2, 0.25) is 0 Å². The lowest BCUT2D eigenvalue weighted by molar-refractivity contribution is -0.138. The molecule has 1 aromatic rings. The van der Waals surface area contributed by atoms with Gasteiger partial charge in [-0.25, -0.2) is 0 Å². The van der Waals surface area contributed by atoms with Crippen LogP contribution < -0.4 is 10.1 Å². The molecule has 100 valence electrons. The Balaban J connectivity index is 2.27. The van der Waals surface area contributed by atoms with Gasteiger partial charge in [-0.1, -0.05) is 6.07 Å². The molecule has 0 aliphatic carbocycles. The van der Waals surface area contributed by atoms with Crippen molar-refractivity contribution in [1.82, 2.24) is 5.32 Å². The van der Waals surface area contributed by atoms with Crippen molar-refractivity contribution in [1.29, 1.82) is 0 Å². The highest BCUT2D eigenvalue weighted by molar-refractivity contribution is 5.38. The first-order valence-electron chi connectivity index (χ1n) is 5.98. The third-order valence-electron chi connectivity index (χ3n) is 3.25. The maximum atomic E-state index is 13.0. The summed E-state index contributed by atoms with van der Waals surface area (Å²) in [6.07, 6.45) is -1.95. The van der Waals surface area contributed by atoms with E-state index in [0.29, 0.717) is 12.0 Å². The Labute approximate surface area is 104 Å². The zero-order chi connectivity index (χ0) is 13.2. The van der Waals surface area contributed by atoms with Crippen LogP contribution in [0.3, 0.4) is 0 Å². The van der Waals surface area contributed by atoms with E-state index in [9.17, 15) is 13.2 Å². The summed E-state index contributed by atoms with van der Waals surface area (Å²) in [5.74, 6) is 0.241. The van der Waals surface area contributed by atoms with Gasteiger partial charge in [0.1, 0.15) is 5.75 Å². The van der Waals surface area contributed by atoms with E-state index in [0.717, 1.165) is 25.5 Å². The molecule has 1 unspecified atom stereocenters. The molecular weight excluding hydrogens is 243 g/mol. The molecule has 0 saturated carbocycles. The van der Waals surface area contributed by atoms with Crippen molar-refractivity contribution in [3.8, 4) is 5.75 Å². The van der Waals surface area contributed by atoms with Gasteiger partial charge in [0.25, 0.3) is 0 Å². The van der Waals surface area contributed by atoms with Gasteiger partial charge in [-0.05, 0) is 43.5 Å². The summed E-state index contributed by atoms with van der Waals surface area (Å²) < 4.78 is 43.7. The topological polar surface area (TPSA) is 21.3 Å². The number of methoxy groups -OCH3 is 1. The molecule has 2 nitrogen and oxygen atoms in total. The van der Waals surface area contributed by atoms with Crippen molar-refractivity contribution in [3.63, 3.8) is 0 Å². The average molecular weight is 259 g/mol. The predicted molar refractivity (Wildman–Crippen MR) is 62.7 cm³/mol. The average Bonchev–Trinajstić information content (AvgIpc) is 2.81. The smallest absolute Gasteiger partial charge is 0.416 e. The highest BCUT2D eigenvalue weighted by Crippen LogP contribution is 2.35. The van der Waals surface area contributed by atoms with Crippen LogP contribution in [0.15, 0.2) is 18.2 Å². The maximum absolute atomic E-state index is 13.0. The van der Waals surface area contributed by atoms with Crippen molar-refractivity contribution in [2.45, 2.75) is 31.5 Å². The van der Waals surface area contributed by atoms with Gasteiger partial charge in [0.15, 0.2) is 0 Å². The number of halogens is 3. The summed E-state index contributed by atoms with van der Waals surface area (Å²) in [5, 5.41) is 3.21. The molecule has 5 heteroatoms. The predicted octanol–water partition coefficient (Wildman–Crippen LogP) is 3.01. The van der Waals surface area contributed by atoms with Crippen LogP contribution in [0.2, 0.25) is 0 Å². The Morgan fingerprint density at radius 1 is 1.39 bits per heavy atom. The lowest BCUT2D eigenvalue weighted by Gasteiger charge is -2.17. The third kappa shape index (κ3) is 2.96. The SMILES string of the molecule is COc1ccc(CC2CCCN2)c(C(F)(F)F)c1. The minimum Gasteiger partial charge on any atom is -0.497 e. The molecule has 1 N–H and O–H groups in total. The van der Waals surface area contributed by atoms with Gasteiger partial charge in [0.05, 0.1) is 12.7 Å². The Kier molecular flexibility index (Phi) is 3.80. The Morgan fingerprint density at radius 2 is 2.17 bits per heavy atom. The molecule has 1 heterocycles. The van der Waals surface area contributed by atoms with Gasteiger partial charge >= 0.3 is 6.18 Å². The molecule has 0 spiro atoms. The van der Waals surface area contributed by atoms with Crippen LogP contribution in [-0.2, 0) is 12.6 Å². The zero-order valence-electron chi connectivity index (χ0n) is 10.2. The minimum atomic E-state index is -4.33. The number of hydrogen-bond acceptors (Lipinski definition) is 2. The van der Waals surface area contributed by atoms with E-state index < -0.39 is 11.7 Å². The molecular formula is C13H16F3NO. The summed E-state index contributed by atoms with van der Waals surface area (Å²) in [5.41, 5.74) is -0.252. The van der Waals surface area contributed by atoms with Crippen LogP contribution in [0.1, 0.15) is 24.0 Å². The van der Waals surface area contributed by atoms with Crippen molar-refractivity contribution >= 4 is 0 Å². The molecule has 1 fully saturated rings. The van der Waals surface area contributed by atoms with Crippen LogP contribution in [0, 0.1) is 0 Å². The molecule has 0 aromatic heterocycles. The fourth-order valence-corrected chi connectivity index (χ4v) is 2.32. The monoisotopic (exact) mass is 259 g/mol. The van der Waals surface area contributed by atoms with Crippen molar-refractivity contribution in [3.05, 3.63) is 29.3 Å². The molecule has 1 atom stereocenters. The second kappa shape index (κ2) is 5.18. The van der Waals surface area contributed by atoms with E-state index in [-0.39, 0.29) is 11.8 Å². The third-order valence-corrected chi connectivity index (χ3v) is 3.25. The Morgan fingerprint density at radius 3 is 2.72 bits per heavy atom. The summed E-state index contributed by atoms with van der Waals surface area (Å²) in [6.45, 7) is 0.891. The zero-order valence-corrected chi connectivity index (χ0v) is 10.2. The van der Waals surface area contributed by atoms with Crippen LogP contribution in [-0.4, -0.2) is 19.7 Å². The van der Waals surface area contributed by atoms with Crippen molar-refractivity contribution < 1.29 is 17.9 Å². The molecule has 1 saturated heterocycles. The van der Waals surface area contributed by atoms with E-state index in [1.165, 1.54) is 13.2 Å². The van der Waals surface area contributed by atoms with E-state index in [4.69, 9.17) is 4.74 Å². The number of rotatable bonds is 3. The Bertz CT molecular complexity index is 411. The van der Waals surface area contributed by atoms with Crippen LogP contribution in [0.25, 0.3) is 0 Å². The second-order valence-electron chi connectivity index (χ2n) is 4.52. The quantitative estimate of drug-likeness (QED) is 0.901. The van der Waals surface area contributed by atoms with Crippen molar-refractivity contribution in [2.24, 2.45) is 0 Å². The minimum absolute atomic E-state index is 0.152. The fourth-order valence-electron chi connectivity index (χ4n) is 2.32. The standard InChI is InChI=1S/C13H16F3NO/c1-18-11-5-4-9(7-10-3-2-6-17-10)12(8-11)13(14,15)16/h4-5,8,10,17H,2-3,6-7H2,1H3. The van der Waals surface area contributed by atoms with E-state index in [1.807, 2.05) is 0 Å². The summed E-state index contributed by atoms with van der Waals surface area (Å²) in [6, 6.07) is 4.32. The lowest BCUT2D eigenvalue weighted by atomic mass is 9.98. The molecule has 18 heavy (non-hydrogen) atoms. The molecule has 1 aliphatic rings. The summed E-state index contributed by atoms with van der Waals surface area (Å²) in [7, 11) is 1.37. The van der Waals surface area contributed by atoms with Crippen LogP contribution in [0.5, 0.6) is 5.75 Å². The van der Waals surface area contributed by atoms with Crippen molar-refractivity contribution in [2.75, 3.05) is 13.7 Å². The molecule has 0 bridgehead atoms. The molecule has 0 amide bonds. The van der Waals surface area contributed by atoms with E-state index >= 15 is 0 Å². The fraction of sp³-hybridized carbons (Fsp3) is 0.538. The first-order valence-corrected chi connectivity index (χ1v) is 5.98. The number of nitrogens with one attached hydrogen (secondary N) is 1. The van der Waals surface area contributed by atoms with Crippen LogP contribution in [0.4, 0.5) is 13.2 Å². The second-order valence-corrected chi connectivity index (χ2v) is 4.52. The van der Waals surface area contributed by atoms with E-state index in [1.54, 1.807) is 6.07 Å². The van der Waals surface area contributed by atoms with Gasteiger partial charge in [-0.15, -0.1) is 0 Å². The van der Waals surface area contributed by atoms with Gasteiger partial charge in [-0.2, -0.15) is 13.2 Å². The number of benzene rings is 1. The molecule has 2 rings (SSSR count). The van der Waals surface area contributed by atoms with Gasteiger partial charge < -0.3 is 10.1 Å². The number of ether oxygens (including phenoxy) is 1. The van der Waals surface area contributed by atoms with Gasteiger partial charge in [0, 0.05) is 6.04 Å². The molecule has 0 radical (unpaired) electrons. The summed E-state index contributed by atoms with van der Waals surface area (Å²) >= 11 is 0. The number of hydrogen-bond donors (Lipinski definition) is 1. The van der Waals surface area contributed by atoms with E-state index in [2.05, 4.69) is 5.32 Å². The first kappa shape index (κ1) is 13.2. The highest BCUT2D eigenvalue weighted by atomic mass is 19.4. The first-order chi connectivity index (χ1) is 8.50. The van der Waals surface area contributed by atoms with Crippen LogP contribution >= 0.6 is 0 Å². The lowest BCUT2D eigenvalue weighted by Crippen LogP contribution is -2.25.